The van der Waals surface area contributed by atoms with E-state index in [-0.39, 0.29) is 17.9 Å². The summed E-state index contributed by atoms with van der Waals surface area (Å²) in [4.78, 5) is 24.6. The van der Waals surface area contributed by atoms with E-state index in [0.29, 0.717) is 12.5 Å². The van der Waals surface area contributed by atoms with Crippen molar-refractivity contribution in [2.45, 2.75) is 53.0 Å². The van der Waals surface area contributed by atoms with Crippen LogP contribution in [0.25, 0.3) is 5.65 Å². The highest BCUT2D eigenvalue weighted by Crippen LogP contribution is 2.25. The lowest BCUT2D eigenvalue weighted by Gasteiger charge is -2.33. The van der Waals surface area contributed by atoms with E-state index in [9.17, 15) is 4.79 Å². The minimum atomic E-state index is -0.183. The van der Waals surface area contributed by atoms with Crippen LogP contribution in [0.1, 0.15) is 56.4 Å². The molecule has 8 nitrogen and oxygen atoms in total. The molecule has 1 aliphatic rings. The van der Waals surface area contributed by atoms with Crippen LogP contribution in [0.2, 0.25) is 0 Å². The van der Waals surface area contributed by atoms with Gasteiger partial charge < -0.3 is 10.2 Å². The number of carbonyl (C=O) groups excluding carboxylic acids is 1. The molecule has 0 saturated carbocycles. The molecule has 0 unspecified atom stereocenters. The van der Waals surface area contributed by atoms with Gasteiger partial charge in [0.05, 0.1) is 12.0 Å². The van der Waals surface area contributed by atoms with Gasteiger partial charge in [-0.05, 0) is 57.2 Å². The zero-order valence-electron chi connectivity index (χ0n) is 18.7. The Balaban J connectivity index is 1.51. The van der Waals surface area contributed by atoms with Gasteiger partial charge in [0.1, 0.15) is 0 Å². The molecule has 4 heterocycles. The van der Waals surface area contributed by atoms with Crippen molar-refractivity contribution in [3.05, 3.63) is 47.7 Å². The van der Waals surface area contributed by atoms with Crippen molar-refractivity contribution in [2.75, 3.05) is 18.0 Å². The number of fused-ring (bicyclic) bond motifs is 1. The Hall–Kier alpha value is -3.03. The topological polar surface area (TPSA) is 88.3 Å². The van der Waals surface area contributed by atoms with E-state index in [1.807, 2.05) is 48.7 Å². The summed E-state index contributed by atoms with van der Waals surface area (Å²) in [5.41, 5.74) is 2.69. The van der Waals surface area contributed by atoms with Gasteiger partial charge >= 0.3 is 0 Å². The third-order valence-corrected chi connectivity index (χ3v) is 5.72. The summed E-state index contributed by atoms with van der Waals surface area (Å²) >= 11 is 0. The highest BCUT2D eigenvalue weighted by Gasteiger charge is 2.30. The number of rotatable bonds is 6. The predicted octanol–water partition coefficient (Wildman–Crippen LogP) is 3.26. The SMILES string of the molecule is Cc1cc(C)nc(N2CCC[C@@H](C(=O)N[C@@H](CC(C)C)c3nnc4ccccn34)C2)n1. The molecule has 3 aromatic heterocycles. The van der Waals surface area contributed by atoms with Gasteiger partial charge in [0.25, 0.3) is 0 Å². The maximum atomic E-state index is 13.3. The van der Waals surface area contributed by atoms with Crippen LogP contribution in [0.4, 0.5) is 5.95 Å². The molecule has 0 radical (unpaired) electrons. The summed E-state index contributed by atoms with van der Waals surface area (Å²) in [7, 11) is 0. The third kappa shape index (κ3) is 4.84. The van der Waals surface area contributed by atoms with Crippen LogP contribution in [0.3, 0.4) is 0 Å². The molecule has 1 aliphatic heterocycles. The fourth-order valence-electron chi connectivity index (χ4n) is 4.31. The van der Waals surface area contributed by atoms with E-state index < -0.39 is 0 Å². The van der Waals surface area contributed by atoms with Gasteiger partial charge in [-0.25, -0.2) is 9.97 Å². The Morgan fingerprint density at radius 3 is 2.71 bits per heavy atom. The molecule has 1 amide bonds. The van der Waals surface area contributed by atoms with Crippen molar-refractivity contribution < 1.29 is 4.79 Å². The van der Waals surface area contributed by atoms with Gasteiger partial charge in [0.15, 0.2) is 11.5 Å². The minimum absolute atomic E-state index is 0.0624. The molecule has 0 spiro atoms. The molecule has 3 aromatic rings. The lowest BCUT2D eigenvalue weighted by Crippen LogP contribution is -2.45. The first-order valence-corrected chi connectivity index (χ1v) is 11.1. The molecule has 1 N–H and O–H groups in total. The number of nitrogens with one attached hydrogen (secondary N) is 1. The van der Waals surface area contributed by atoms with E-state index in [1.165, 1.54) is 0 Å². The van der Waals surface area contributed by atoms with Crippen molar-refractivity contribution >= 4 is 17.5 Å². The predicted molar refractivity (Wildman–Crippen MR) is 120 cm³/mol. The quantitative estimate of drug-likeness (QED) is 0.657. The zero-order valence-corrected chi connectivity index (χ0v) is 18.7. The molecule has 2 atom stereocenters. The van der Waals surface area contributed by atoms with E-state index in [4.69, 9.17) is 0 Å². The normalized spacial score (nSPS) is 17.8. The van der Waals surface area contributed by atoms with Gasteiger partial charge in [0, 0.05) is 30.7 Å². The number of piperidine rings is 1. The fourth-order valence-corrected chi connectivity index (χ4v) is 4.31. The van der Waals surface area contributed by atoms with E-state index >= 15 is 0 Å². The first-order valence-electron chi connectivity index (χ1n) is 11.1. The standard InChI is InChI=1S/C23H31N7O/c1-15(2)12-19(21-28-27-20-9-5-6-11-30(20)21)26-22(31)18-8-7-10-29(14-18)23-24-16(3)13-17(4)25-23/h5-6,9,11,13,15,18-19H,7-8,10,12,14H2,1-4H3,(H,26,31)/t18-,19+/m1/s1. The third-order valence-electron chi connectivity index (χ3n) is 5.72. The molecular weight excluding hydrogens is 390 g/mol. The molecule has 31 heavy (non-hydrogen) atoms. The largest absolute Gasteiger partial charge is 0.346 e. The molecule has 1 saturated heterocycles. The maximum absolute atomic E-state index is 13.3. The Morgan fingerprint density at radius 1 is 1.19 bits per heavy atom. The Kier molecular flexibility index (Phi) is 6.15. The second-order valence-electron chi connectivity index (χ2n) is 8.91. The van der Waals surface area contributed by atoms with Gasteiger partial charge in [-0.1, -0.05) is 19.9 Å². The van der Waals surface area contributed by atoms with Gasteiger partial charge in [-0.2, -0.15) is 0 Å². The van der Waals surface area contributed by atoms with Crippen LogP contribution in [-0.4, -0.2) is 43.6 Å². The lowest BCUT2D eigenvalue weighted by molar-refractivity contribution is -0.126. The smallest absolute Gasteiger partial charge is 0.225 e. The number of aromatic nitrogens is 5. The first-order chi connectivity index (χ1) is 14.9. The van der Waals surface area contributed by atoms with Crippen molar-refractivity contribution in [3.63, 3.8) is 0 Å². The van der Waals surface area contributed by atoms with Crippen molar-refractivity contribution in [1.29, 1.82) is 0 Å². The Morgan fingerprint density at radius 2 is 1.97 bits per heavy atom. The van der Waals surface area contributed by atoms with Gasteiger partial charge in [-0.15, -0.1) is 10.2 Å². The number of anilines is 1. The number of hydrogen-bond acceptors (Lipinski definition) is 6. The van der Waals surface area contributed by atoms with Crippen LogP contribution < -0.4 is 10.2 Å². The van der Waals surface area contributed by atoms with Crippen molar-refractivity contribution in [3.8, 4) is 0 Å². The van der Waals surface area contributed by atoms with Crippen LogP contribution in [0, 0.1) is 25.7 Å². The number of pyridine rings is 1. The number of amides is 1. The number of carbonyl (C=O) groups is 1. The minimum Gasteiger partial charge on any atom is -0.346 e. The fraction of sp³-hybridized carbons (Fsp3) is 0.522. The average Bonchev–Trinajstić information content (AvgIpc) is 3.16. The highest BCUT2D eigenvalue weighted by atomic mass is 16.2. The van der Waals surface area contributed by atoms with E-state index in [2.05, 4.69) is 44.2 Å². The summed E-state index contributed by atoms with van der Waals surface area (Å²) < 4.78 is 1.96. The van der Waals surface area contributed by atoms with Crippen LogP contribution in [0.5, 0.6) is 0 Å². The summed E-state index contributed by atoms with van der Waals surface area (Å²) in [5, 5.41) is 11.9. The molecule has 164 valence electrons. The van der Waals surface area contributed by atoms with Crippen molar-refractivity contribution in [2.24, 2.45) is 11.8 Å². The molecule has 0 aliphatic carbocycles. The molecule has 0 aromatic carbocycles. The van der Waals surface area contributed by atoms with E-state index in [0.717, 1.165) is 54.6 Å². The number of hydrogen-bond donors (Lipinski definition) is 1. The molecular formula is C23H31N7O. The second-order valence-corrected chi connectivity index (χ2v) is 8.91. The zero-order chi connectivity index (χ0) is 22.0. The van der Waals surface area contributed by atoms with Crippen LogP contribution in [0.15, 0.2) is 30.5 Å². The first kappa shape index (κ1) is 21.2. The molecule has 0 bridgehead atoms. The summed E-state index contributed by atoms with van der Waals surface area (Å²) in [5.74, 6) is 1.87. The molecule has 8 heteroatoms. The Labute approximate surface area is 183 Å². The summed E-state index contributed by atoms with van der Waals surface area (Å²) in [6.07, 6.45) is 4.56. The maximum Gasteiger partial charge on any atom is 0.225 e. The lowest BCUT2D eigenvalue weighted by atomic mass is 9.96. The number of aryl methyl sites for hydroxylation is 2. The second kappa shape index (κ2) is 8.99. The van der Waals surface area contributed by atoms with Gasteiger partial charge in [0.2, 0.25) is 11.9 Å². The van der Waals surface area contributed by atoms with E-state index in [1.54, 1.807) is 0 Å². The highest BCUT2D eigenvalue weighted by molar-refractivity contribution is 5.80. The van der Waals surface area contributed by atoms with Gasteiger partial charge in [-0.3, -0.25) is 9.20 Å². The Bertz CT molecular complexity index is 1040. The average molecular weight is 422 g/mol. The molecule has 4 rings (SSSR count). The van der Waals surface area contributed by atoms with Crippen molar-refractivity contribution in [1.82, 2.24) is 29.9 Å². The molecule has 1 fully saturated rings. The monoisotopic (exact) mass is 421 g/mol. The van der Waals surface area contributed by atoms with Crippen LogP contribution >= 0.6 is 0 Å². The van der Waals surface area contributed by atoms with Crippen LogP contribution in [-0.2, 0) is 4.79 Å². The summed E-state index contributed by atoms with van der Waals surface area (Å²) in [6.45, 7) is 9.77. The summed E-state index contributed by atoms with van der Waals surface area (Å²) in [6, 6.07) is 7.61. The number of nitrogens with zero attached hydrogens (tertiary/aromatic N) is 6.